The van der Waals surface area contributed by atoms with Gasteiger partial charge in [-0.1, -0.05) is 54.6 Å². The summed E-state index contributed by atoms with van der Waals surface area (Å²) < 4.78 is 21.7. The molecule has 5 rings (SSSR count). The molecule has 0 atom stereocenters. The highest BCUT2D eigenvalue weighted by Crippen LogP contribution is 2.22. The van der Waals surface area contributed by atoms with Crippen LogP contribution in [0.3, 0.4) is 0 Å². The van der Waals surface area contributed by atoms with E-state index >= 15 is 0 Å². The zero-order chi connectivity index (χ0) is 33.9. The SMILES string of the molecule is COc1cccc(CN(Cc2cccc(OC)c2)C(=O)c2cccc(C(=O)N(Cc3cccc(OC)c3)Cc3cccc(OC)c3)n2)c1. The van der Waals surface area contributed by atoms with Crippen LogP contribution in [0.25, 0.3) is 0 Å². The van der Waals surface area contributed by atoms with E-state index in [2.05, 4.69) is 4.98 Å². The minimum Gasteiger partial charge on any atom is -0.497 e. The third-order valence-electron chi connectivity index (χ3n) is 7.79. The Morgan fingerprint density at radius 1 is 0.458 bits per heavy atom. The Hall–Kier alpha value is -5.83. The number of rotatable bonds is 14. The zero-order valence-corrected chi connectivity index (χ0v) is 27.6. The van der Waals surface area contributed by atoms with Crippen LogP contribution in [0.15, 0.2) is 115 Å². The molecule has 1 heterocycles. The molecule has 1 aromatic heterocycles. The summed E-state index contributed by atoms with van der Waals surface area (Å²) in [7, 11) is 6.43. The lowest BCUT2D eigenvalue weighted by Gasteiger charge is -2.25. The Kier molecular flexibility index (Phi) is 11.3. The Morgan fingerprint density at radius 3 is 1.00 bits per heavy atom. The van der Waals surface area contributed by atoms with Gasteiger partial charge < -0.3 is 28.7 Å². The fraction of sp³-hybridized carbons (Fsp3) is 0.205. The average Bonchev–Trinajstić information content (AvgIpc) is 3.14. The van der Waals surface area contributed by atoms with Crippen molar-refractivity contribution in [1.82, 2.24) is 14.8 Å². The summed E-state index contributed by atoms with van der Waals surface area (Å²) in [6.07, 6.45) is 0. The molecule has 0 saturated heterocycles. The molecule has 0 spiro atoms. The summed E-state index contributed by atoms with van der Waals surface area (Å²) in [4.78, 5) is 36.4. The maximum Gasteiger partial charge on any atom is 0.273 e. The third kappa shape index (κ3) is 8.70. The fourth-order valence-electron chi connectivity index (χ4n) is 5.36. The Balaban J connectivity index is 1.46. The predicted molar refractivity (Wildman–Crippen MR) is 183 cm³/mol. The molecule has 2 amide bonds. The van der Waals surface area contributed by atoms with Crippen LogP contribution in [-0.2, 0) is 26.2 Å². The van der Waals surface area contributed by atoms with Gasteiger partial charge in [0.15, 0.2) is 0 Å². The molecule has 0 radical (unpaired) electrons. The van der Waals surface area contributed by atoms with E-state index in [0.29, 0.717) is 49.2 Å². The summed E-state index contributed by atoms with van der Waals surface area (Å²) in [5.74, 6) is 2.14. The van der Waals surface area contributed by atoms with Crippen LogP contribution >= 0.6 is 0 Å². The van der Waals surface area contributed by atoms with E-state index in [1.165, 1.54) is 0 Å². The van der Waals surface area contributed by atoms with Crippen LogP contribution in [0.1, 0.15) is 43.2 Å². The molecule has 0 fully saturated rings. The standard InChI is InChI=1S/C39H39N3O6/c1-45-32-14-5-10-28(20-32)24-41(25-29-11-6-15-33(21-29)46-2)38(43)36-18-9-19-37(40-36)39(44)42(26-30-12-7-16-34(22-30)47-3)27-31-13-8-17-35(23-31)48-4/h5-23H,24-27H2,1-4H3. The lowest BCUT2D eigenvalue weighted by molar-refractivity contribution is 0.0715. The van der Waals surface area contributed by atoms with Gasteiger partial charge in [-0.15, -0.1) is 0 Å². The van der Waals surface area contributed by atoms with E-state index < -0.39 is 0 Å². The van der Waals surface area contributed by atoms with E-state index in [1.807, 2.05) is 97.1 Å². The lowest BCUT2D eigenvalue weighted by Crippen LogP contribution is -2.33. The number of carbonyl (C=O) groups excluding carboxylic acids is 2. The average molecular weight is 646 g/mol. The number of carbonyl (C=O) groups is 2. The van der Waals surface area contributed by atoms with Crippen molar-refractivity contribution in [2.24, 2.45) is 0 Å². The smallest absolute Gasteiger partial charge is 0.273 e. The van der Waals surface area contributed by atoms with Crippen molar-refractivity contribution < 1.29 is 28.5 Å². The molecule has 0 bridgehead atoms. The topological polar surface area (TPSA) is 90.4 Å². The minimum absolute atomic E-state index is 0.161. The van der Waals surface area contributed by atoms with Gasteiger partial charge in [0.25, 0.3) is 11.8 Å². The van der Waals surface area contributed by atoms with Crippen LogP contribution in [0.4, 0.5) is 0 Å². The first-order chi connectivity index (χ1) is 23.4. The molecule has 5 aromatic rings. The van der Waals surface area contributed by atoms with Gasteiger partial charge in [0.2, 0.25) is 0 Å². The number of benzene rings is 4. The quantitative estimate of drug-likeness (QED) is 0.131. The van der Waals surface area contributed by atoms with E-state index in [0.717, 1.165) is 22.3 Å². The van der Waals surface area contributed by atoms with Crippen molar-refractivity contribution in [2.45, 2.75) is 26.2 Å². The summed E-state index contributed by atoms with van der Waals surface area (Å²) in [5, 5.41) is 0. The first-order valence-electron chi connectivity index (χ1n) is 15.5. The van der Waals surface area contributed by atoms with Crippen LogP contribution in [0, 0.1) is 0 Å². The van der Waals surface area contributed by atoms with Crippen molar-refractivity contribution in [3.63, 3.8) is 0 Å². The highest BCUT2D eigenvalue weighted by Gasteiger charge is 2.23. The molecule has 0 aliphatic carbocycles. The Bertz CT molecular complexity index is 1630. The van der Waals surface area contributed by atoms with E-state index in [-0.39, 0.29) is 23.2 Å². The van der Waals surface area contributed by atoms with Gasteiger partial charge in [0.05, 0.1) is 28.4 Å². The number of pyridine rings is 1. The maximum absolute atomic E-state index is 14.2. The first kappa shape index (κ1) is 33.5. The molecule has 9 nitrogen and oxygen atoms in total. The van der Waals surface area contributed by atoms with Crippen molar-refractivity contribution in [3.05, 3.63) is 149 Å². The number of hydrogen-bond donors (Lipinski definition) is 0. The molecule has 0 unspecified atom stereocenters. The minimum atomic E-state index is -0.317. The summed E-state index contributed by atoms with van der Waals surface area (Å²) in [6.45, 7) is 1.19. The Morgan fingerprint density at radius 2 is 0.729 bits per heavy atom. The highest BCUT2D eigenvalue weighted by molar-refractivity contribution is 5.96. The molecule has 4 aromatic carbocycles. The molecular formula is C39H39N3O6. The van der Waals surface area contributed by atoms with Gasteiger partial charge in [-0.2, -0.15) is 0 Å². The largest absolute Gasteiger partial charge is 0.497 e. The van der Waals surface area contributed by atoms with Crippen LogP contribution < -0.4 is 18.9 Å². The Labute approximate surface area is 281 Å². The lowest BCUT2D eigenvalue weighted by atomic mass is 10.1. The second kappa shape index (κ2) is 16.1. The van der Waals surface area contributed by atoms with Crippen molar-refractivity contribution in [1.29, 1.82) is 0 Å². The van der Waals surface area contributed by atoms with E-state index in [9.17, 15) is 9.59 Å². The third-order valence-corrected chi connectivity index (χ3v) is 7.79. The second-order valence-corrected chi connectivity index (χ2v) is 11.1. The van der Waals surface area contributed by atoms with Gasteiger partial charge >= 0.3 is 0 Å². The van der Waals surface area contributed by atoms with Gasteiger partial charge in [-0.25, -0.2) is 4.98 Å². The number of nitrogens with zero attached hydrogens (tertiary/aromatic N) is 3. The van der Waals surface area contributed by atoms with Crippen LogP contribution in [0.5, 0.6) is 23.0 Å². The van der Waals surface area contributed by atoms with E-state index in [1.54, 1.807) is 56.4 Å². The molecular weight excluding hydrogens is 606 g/mol. The molecule has 48 heavy (non-hydrogen) atoms. The van der Waals surface area contributed by atoms with Crippen LogP contribution in [0.2, 0.25) is 0 Å². The zero-order valence-electron chi connectivity index (χ0n) is 27.6. The second-order valence-electron chi connectivity index (χ2n) is 11.1. The molecule has 0 saturated carbocycles. The van der Waals surface area contributed by atoms with Crippen molar-refractivity contribution in [3.8, 4) is 23.0 Å². The monoisotopic (exact) mass is 645 g/mol. The maximum atomic E-state index is 14.2. The van der Waals surface area contributed by atoms with Gasteiger partial charge in [-0.3, -0.25) is 9.59 Å². The molecule has 0 aliphatic heterocycles. The fourth-order valence-corrected chi connectivity index (χ4v) is 5.36. The van der Waals surface area contributed by atoms with E-state index in [4.69, 9.17) is 18.9 Å². The molecule has 0 N–H and O–H groups in total. The number of ether oxygens (including phenoxy) is 4. The van der Waals surface area contributed by atoms with Crippen molar-refractivity contribution >= 4 is 11.8 Å². The molecule has 0 aliphatic rings. The predicted octanol–water partition coefficient (Wildman–Crippen LogP) is 6.80. The van der Waals surface area contributed by atoms with Crippen LogP contribution in [-0.4, -0.2) is 55.0 Å². The highest BCUT2D eigenvalue weighted by atomic mass is 16.5. The normalized spacial score (nSPS) is 10.6. The molecule has 246 valence electrons. The van der Waals surface area contributed by atoms with Gasteiger partial charge in [-0.05, 0) is 82.9 Å². The summed E-state index contributed by atoms with van der Waals surface area (Å²) >= 11 is 0. The number of hydrogen-bond acceptors (Lipinski definition) is 7. The first-order valence-corrected chi connectivity index (χ1v) is 15.5. The van der Waals surface area contributed by atoms with Crippen molar-refractivity contribution in [2.75, 3.05) is 28.4 Å². The van der Waals surface area contributed by atoms with Gasteiger partial charge in [0, 0.05) is 26.2 Å². The summed E-state index contributed by atoms with van der Waals surface area (Å²) in [6, 6.07) is 35.3. The number of amides is 2. The number of methoxy groups -OCH3 is 4. The number of aromatic nitrogens is 1. The van der Waals surface area contributed by atoms with Gasteiger partial charge in [0.1, 0.15) is 34.4 Å². The summed E-state index contributed by atoms with van der Waals surface area (Å²) in [5.41, 5.74) is 3.88. The molecule has 9 heteroatoms.